The number of anilines is 2. The van der Waals surface area contributed by atoms with Gasteiger partial charge in [-0.2, -0.15) is 23.4 Å². The maximum Gasteiger partial charge on any atom is 0.408 e. The van der Waals surface area contributed by atoms with E-state index in [2.05, 4.69) is 20.1 Å². The van der Waals surface area contributed by atoms with Crippen LogP contribution in [0, 0.1) is 0 Å². The third kappa shape index (κ3) is 3.39. The minimum absolute atomic E-state index is 0.195. The van der Waals surface area contributed by atoms with E-state index >= 15 is 0 Å². The number of nitrogens with zero attached hydrogens (tertiary/aromatic N) is 6. The van der Waals surface area contributed by atoms with E-state index in [1.165, 1.54) is 16.9 Å². The quantitative estimate of drug-likeness (QED) is 0.732. The first-order valence-electron chi connectivity index (χ1n) is 8.86. The lowest BCUT2D eigenvalue weighted by Crippen LogP contribution is -2.29. The molecule has 0 radical (unpaired) electrons. The van der Waals surface area contributed by atoms with Crippen molar-refractivity contribution in [2.75, 3.05) is 23.7 Å². The zero-order valence-electron chi connectivity index (χ0n) is 14.9. The van der Waals surface area contributed by atoms with Crippen LogP contribution in [-0.2, 0) is 6.54 Å². The van der Waals surface area contributed by atoms with Crippen LogP contribution in [0.1, 0.15) is 19.3 Å². The topological polar surface area (TPSA) is 94.3 Å². The van der Waals surface area contributed by atoms with Gasteiger partial charge in [0.15, 0.2) is 5.82 Å². The Labute approximate surface area is 157 Å². The number of fused-ring (bicyclic) bond motifs is 1. The van der Waals surface area contributed by atoms with E-state index in [0.717, 1.165) is 44.1 Å². The summed E-state index contributed by atoms with van der Waals surface area (Å²) in [4.78, 5) is 18.0. The molecule has 3 aromatic heterocycles. The van der Waals surface area contributed by atoms with Crippen LogP contribution in [-0.4, -0.2) is 43.6 Å². The van der Waals surface area contributed by atoms with E-state index in [1.54, 1.807) is 6.07 Å². The van der Waals surface area contributed by atoms with Crippen molar-refractivity contribution in [2.45, 2.75) is 32.0 Å². The number of nitrogens with two attached hydrogens (primary N) is 1. The number of nitrogen functional groups attached to an aromatic ring is 1. The molecule has 0 aromatic carbocycles. The highest BCUT2D eigenvalue weighted by molar-refractivity contribution is 5.88. The third-order valence-electron chi connectivity index (χ3n) is 4.72. The van der Waals surface area contributed by atoms with Gasteiger partial charge < -0.3 is 10.6 Å². The van der Waals surface area contributed by atoms with E-state index in [-0.39, 0.29) is 11.5 Å². The molecule has 1 saturated heterocycles. The van der Waals surface area contributed by atoms with Crippen LogP contribution in [0.5, 0.6) is 0 Å². The molecule has 0 unspecified atom stereocenters. The molecule has 1 fully saturated rings. The third-order valence-corrected chi connectivity index (χ3v) is 4.72. The number of rotatable bonds is 3. The van der Waals surface area contributed by atoms with Gasteiger partial charge in [-0.05, 0) is 31.4 Å². The maximum atomic E-state index is 12.8. The van der Waals surface area contributed by atoms with Crippen LogP contribution >= 0.6 is 0 Å². The Morgan fingerprint density at radius 2 is 1.89 bits per heavy atom. The second kappa shape index (κ2) is 6.80. The van der Waals surface area contributed by atoms with Crippen LogP contribution in [0.25, 0.3) is 16.9 Å². The Morgan fingerprint density at radius 3 is 2.61 bits per heavy atom. The molecule has 28 heavy (non-hydrogen) atoms. The monoisotopic (exact) mass is 393 g/mol. The Kier molecular flexibility index (Phi) is 4.44. The summed E-state index contributed by atoms with van der Waals surface area (Å²) in [5.74, 6) is 0.269. The second-order valence-corrected chi connectivity index (χ2v) is 6.70. The summed E-state index contributed by atoms with van der Waals surface area (Å²) >= 11 is 0. The normalized spacial score (nSPS) is 15.3. The molecule has 8 nitrogen and oxygen atoms in total. The number of hydrogen-bond acceptors (Lipinski definition) is 6. The van der Waals surface area contributed by atoms with E-state index in [0.29, 0.717) is 15.9 Å². The molecule has 0 aliphatic carbocycles. The molecule has 0 saturated carbocycles. The Balaban J connectivity index is 1.87. The summed E-state index contributed by atoms with van der Waals surface area (Å²) in [6.45, 7) is 0.224. The Bertz CT molecular complexity index is 1070. The Morgan fingerprint density at radius 1 is 1.14 bits per heavy atom. The van der Waals surface area contributed by atoms with Gasteiger partial charge in [0.25, 0.3) is 5.56 Å². The standard InChI is InChI=1S/C17H18F3N7O/c18-17(19,20)9-26-14(28)5-4-11(24-26)12-8-13(25-6-2-1-3-7-25)15-16(21)22-10-23-27(12)15/h4-5,8,10H,1-3,6-7,9H2,(H2,21,22,23). The first-order valence-corrected chi connectivity index (χ1v) is 8.86. The highest BCUT2D eigenvalue weighted by Crippen LogP contribution is 2.34. The first kappa shape index (κ1) is 18.3. The molecular formula is C17H18F3N7O. The largest absolute Gasteiger partial charge is 0.408 e. The maximum absolute atomic E-state index is 12.8. The number of hydrogen-bond donors (Lipinski definition) is 1. The predicted molar refractivity (Wildman–Crippen MR) is 97.0 cm³/mol. The molecule has 1 aliphatic heterocycles. The second-order valence-electron chi connectivity index (χ2n) is 6.70. The zero-order chi connectivity index (χ0) is 19.9. The lowest BCUT2D eigenvalue weighted by atomic mass is 10.1. The summed E-state index contributed by atoms with van der Waals surface area (Å²) < 4.78 is 40.2. The summed E-state index contributed by atoms with van der Waals surface area (Å²) in [5, 5.41) is 8.12. The van der Waals surface area contributed by atoms with Gasteiger partial charge in [-0.3, -0.25) is 4.79 Å². The highest BCUT2D eigenvalue weighted by Gasteiger charge is 2.29. The van der Waals surface area contributed by atoms with Crippen molar-refractivity contribution in [3.63, 3.8) is 0 Å². The van der Waals surface area contributed by atoms with Gasteiger partial charge in [-0.25, -0.2) is 14.2 Å². The fourth-order valence-corrected chi connectivity index (χ4v) is 3.48. The van der Waals surface area contributed by atoms with Crippen LogP contribution in [0.4, 0.5) is 24.7 Å². The highest BCUT2D eigenvalue weighted by atomic mass is 19.4. The molecule has 1 aliphatic rings. The number of halogens is 3. The van der Waals surface area contributed by atoms with Crippen LogP contribution in [0.15, 0.2) is 29.3 Å². The molecule has 3 aromatic rings. The molecule has 0 spiro atoms. The summed E-state index contributed by atoms with van der Waals surface area (Å²) in [6.07, 6.45) is -0.0607. The molecule has 11 heteroatoms. The predicted octanol–water partition coefficient (Wildman–Crippen LogP) is 2.09. The fraction of sp³-hybridized carbons (Fsp3) is 0.412. The van der Waals surface area contributed by atoms with E-state index in [9.17, 15) is 18.0 Å². The Hall–Kier alpha value is -3.11. The number of alkyl halides is 3. The van der Waals surface area contributed by atoms with Crippen molar-refractivity contribution in [2.24, 2.45) is 0 Å². The van der Waals surface area contributed by atoms with Gasteiger partial charge in [0.05, 0.1) is 11.4 Å². The van der Waals surface area contributed by atoms with Gasteiger partial charge in [-0.15, -0.1) is 0 Å². The lowest BCUT2D eigenvalue weighted by Gasteiger charge is -2.28. The summed E-state index contributed by atoms with van der Waals surface area (Å²) in [5.41, 5.74) is 7.27. The van der Waals surface area contributed by atoms with Crippen LogP contribution < -0.4 is 16.2 Å². The van der Waals surface area contributed by atoms with Crippen molar-refractivity contribution >= 4 is 17.0 Å². The minimum Gasteiger partial charge on any atom is -0.382 e. The van der Waals surface area contributed by atoms with Gasteiger partial charge in [0.1, 0.15) is 24.1 Å². The van der Waals surface area contributed by atoms with Crippen LogP contribution in [0.2, 0.25) is 0 Å². The number of piperidine rings is 1. The smallest absolute Gasteiger partial charge is 0.382 e. The van der Waals surface area contributed by atoms with E-state index < -0.39 is 18.3 Å². The number of aromatic nitrogens is 5. The first-order chi connectivity index (χ1) is 13.3. The molecule has 0 bridgehead atoms. The lowest BCUT2D eigenvalue weighted by molar-refractivity contribution is -0.143. The average molecular weight is 393 g/mol. The zero-order valence-corrected chi connectivity index (χ0v) is 14.9. The molecule has 0 atom stereocenters. The average Bonchev–Trinajstić information content (AvgIpc) is 3.04. The fourth-order valence-electron chi connectivity index (χ4n) is 3.48. The molecule has 4 rings (SSSR count). The summed E-state index contributed by atoms with van der Waals surface area (Å²) in [7, 11) is 0. The minimum atomic E-state index is -4.55. The van der Waals surface area contributed by atoms with Crippen molar-refractivity contribution < 1.29 is 13.2 Å². The molecule has 0 amide bonds. The van der Waals surface area contributed by atoms with E-state index in [4.69, 9.17) is 5.73 Å². The van der Waals surface area contributed by atoms with E-state index in [1.807, 2.05) is 0 Å². The molecular weight excluding hydrogens is 375 g/mol. The van der Waals surface area contributed by atoms with Gasteiger partial charge in [0, 0.05) is 19.2 Å². The van der Waals surface area contributed by atoms with Crippen molar-refractivity contribution in [3.8, 4) is 11.4 Å². The molecule has 4 heterocycles. The van der Waals surface area contributed by atoms with Gasteiger partial charge in [0.2, 0.25) is 0 Å². The SMILES string of the molecule is Nc1ncnn2c(-c3ccc(=O)n(CC(F)(F)F)n3)cc(N3CCCCC3)c12. The van der Waals surface area contributed by atoms with Gasteiger partial charge in [-0.1, -0.05) is 0 Å². The van der Waals surface area contributed by atoms with Gasteiger partial charge >= 0.3 is 6.18 Å². The molecule has 148 valence electrons. The van der Waals surface area contributed by atoms with Crippen LogP contribution in [0.3, 0.4) is 0 Å². The summed E-state index contributed by atoms with van der Waals surface area (Å²) in [6, 6.07) is 4.24. The van der Waals surface area contributed by atoms with Crippen molar-refractivity contribution in [1.82, 2.24) is 24.4 Å². The van der Waals surface area contributed by atoms with Crippen molar-refractivity contribution in [3.05, 3.63) is 34.9 Å². The molecule has 2 N–H and O–H groups in total. The van der Waals surface area contributed by atoms with Crippen molar-refractivity contribution in [1.29, 1.82) is 0 Å².